The number of aryl methyl sites for hydroxylation is 1. The molecule has 0 bridgehead atoms. The molecule has 0 aliphatic carbocycles. The van der Waals surface area contributed by atoms with Crippen molar-refractivity contribution < 1.29 is 0 Å². The molecule has 2 rings (SSSR count). The third-order valence-electron chi connectivity index (χ3n) is 2.41. The summed E-state index contributed by atoms with van der Waals surface area (Å²) >= 11 is 0. The minimum absolute atomic E-state index is 0.282. The first-order valence-electron chi connectivity index (χ1n) is 4.87. The van der Waals surface area contributed by atoms with Gasteiger partial charge in [0.1, 0.15) is 0 Å². The van der Waals surface area contributed by atoms with Crippen LogP contribution in [0.5, 0.6) is 0 Å². The van der Waals surface area contributed by atoms with Crippen molar-refractivity contribution >= 4 is 11.2 Å². The van der Waals surface area contributed by atoms with Gasteiger partial charge in [-0.3, -0.25) is 14.3 Å². The van der Waals surface area contributed by atoms with E-state index in [9.17, 15) is 9.59 Å². The molecule has 0 aliphatic heterocycles. The SMILES string of the molecule is CCn1c(=O)[nH]c2ncn(CC)c2c1=O. The number of aromatic amines is 1. The quantitative estimate of drug-likeness (QED) is 0.750. The van der Waals surface area contributed by atoms with Crippen LogP contribution in [0.1, 0.15) is 13.8 Å². The first-order valence-corrected chi connectivity index (χ1v) is 4.87. The lowest BCUT2D eigenvalue weighted by Crippen LogP contribution is -2.35. The minimum atomic E-state index is -0.406. The van der Waals surface area contributed by atoms with E-state index in [1.54, 1.807) is 17.8 Å². The predicted molar refractivity (Wildman–Crippen MR) is 56.0 cm³/mol. The van der Waals surface area contributed by atoms with E-state index in [-0.39, 0.29) is 5.56 Å². The molecule has 6 nitrogen and oxygen atoms in total. The predicted octanol–water partition coefficient (Wildman–Crippen LogP) is -0.0739. The number of nitrogens with zero attached hydrogens (tertiary/aromatic N) is 3. The molecule has 2 aromatic heterocycles. The Balaban J connectivity index is 2.96. The van der Waals surface area contributed by atoms with Crippen molar-refractivity contribution in [2.75, 3.05) is 0 Å². The summed E-state index contributed by atoms with van der Waals surface area (Å²) in [7, 11) is 0. The maximum absolute atomic E-state index is 11.9. The van der Waals surface area contributed by atoms with Crippen LogP contribution in [-0.2, 0) is 13.1 Å². The van der Waals surface area contributed by atoms with Gasteiger partial charge in [-0.15, -0.1) is 0 Å². The van der Waals surface area contributed by atoms with E-state index in [1.165, 1.54) is 0 Å². The van der Waals surface area contributed by atoms with Crippen molar-refractivity contribution in [2.45, 2.75) is 26.9 Å². The number of hydrogen-bond acceptors (Lipinski definition) is 3. The Morgan fingerprint density at radius 3 is 2.67 bits per heavy atom. The Bertz CT molecular complexity index is 605. The zero-order valence-corrected chi connectivity index (χ0v) is 8.65. The molecule has 0 aromatic carbocycles. The number of H-pyrrole nitrogens is 1. The molecule has 6 heteroatoms. The molecule has 0 saturated heterocycles. The van der Waals surface area contributed by atoms with Gasteiger partial charge < -0.3 is 4.57 Å². The van der Waals surface area contributed by atoms with Gasteiger partial charge in [0, 0.05) is 13.1 Å². The topological polar surface area (TPSA) is 72.7 Å². The van der Waals surface area contributed by atoms with Gasteiger partial charge in [-0.2, -0.15) is 0 Å². The van der Waals surface area contributed by atoms with Gasteiger partial charge in [0.05, 0.1) is 6.33 Å². The summed E-state index contributed by atoms with van der Waals surface area (Å²) < 4.78 is 2.88. The molecule has 0 atom stereocenters. The van der Waals surface area contributed by atoms with Gasteiger partial charge >= 0.3 is 5.69 Å². The summed E-state index contributed by atoms with van der Waals surface area (Å²) in [5.41, 5.74) is 0.127. The Morgan fingerprint density at radius 2 is 2.07 bits per heavy atom. The zero-order chi connectivity index (χ0) is 11.0. The zero-order valence-electron chi connectivity index (χ0n) is 8.65. The summed E-state index contributed by atoms with van der Waals surface area (Å²) in [6, 6.07) is 0. The lowest BCUT2D eigenvalue weighted by molar-refractivity contribution is 0.675. The Kier molecular flexibility index (Phi) is 2.18. The molecule has 2 aromatic rings. The molecular formula is C9H12N4O2. The van der Waals surface area contributed by atoms with Crippen molar-refractivity contribution in [3.05, 3.63) is 27.2 Å². The largest absolute Gasteiger partial charge is 0.330 e. The fourth-order valence-corrected chi connectivity index (χ4v) is 1.61. The molecule has 0 amide bonds. The van der Waals surface area contributed by atoms with Crippen LogP contribution in [0, 0.1) is 0 Å². The van der Waals surface area contributed by atoms with Crippen LogP contribution in [0.25, 0.3) is 11.2 Å². The van der Waals surface area contributed by atoms with E-state index in [0.717, 1.165) is 4.57 Å². The molecule has 0 aliphatic rings. The highest BCUT2D eigenvalue weighted by Gasteiger charge is 2.10. The molecule has 0 radical (unpaired) electrons. The molecule has 0 saturated carbocycles. The van der Waals surface area contributed by atoms with Gasteiger partial charge in [0.15, 0.2) is 11.2 Å². The highest BCUT2D eigenvalue weighted by molar-refractivity contribution is 5.68. The first-order chi connectivity index (χ1) is 7.19. The number of imidazole rings is 1. The number of rotatable bonds is 2. The van der Waals surface area contributed by atoms with Crippen LogP contribution in [0.2, 0.25) is 0 Å². The van der Waals surface area contributed by atoms with Gasteiger partial charge in [-0.05, 0) is 13.8 Å². The highest BCUT2D eigenvalue weighted by atomic mass is 16.2. The van der Waals surface area contributed by atoms with Crippen LogP contribution in [0.4, 0.5) is 0 Å². The van der Waals surface area contributed by atoms with Gasteiger partial charge in [0.2, 0.25) is 0 Å². The van der Waals surface area contributed by atoms with Crippen molar-refractivity contribution in [2.24, 2.45) is 0 Å². The summed E-state index contributed by atoms with van der Waals surface area (Å²) in [5, 5.41) is 0. The van der Waals surface area contributed by atoms with E-state index in [1.807, 2.05) is 6.92 Å². The smallest absolute Gasteiger partial charge is 0.325 e. The summed E-state index contributed by atoms with van der Waals surface area (Å²) in [6.07, 6.45) is 1.56. The molecule has 0 spiro atoms. The summed E-state index contributed by atoms with van der Waals surface area (Å²) in [5.74, 6) is 0. The Hall–Kier alpha value is -1.85. The maximum Gasteiger partial charge on any atom is 0.330 e. The van der Waals surface area contributed by atoms with Crippen molar-refractivity contribution in [3.8, 4) is 0 Å². The molecule has 0 unspecified atom stereocenters. The third kappa shape index (κ3) is 1.29. The molecule has 2 heterocycles. The second kappa shape index (κ2) is 3.38. The molecular weight excluding hydrogens is 196 g/mol. The van der Waals surface area contributed by atoms with Crippen LogP contribution < -0.4 is 11.2 Å². The fourth-order valence-electron chi connectivity index (χ4n) is 1.61. The number of fused-ring (bicyclic) bond motifs is 1. The van der Waals surface area contributed by atoms with Gasteiger partial charge in [-0.25, -0.2) is 9.78 Å². The van der Waals surface area contributed by atoms with E-state index in [4.69, 9.17) is 0 Å². The van der Waals surface area contributed by atoms with Crippen LogP contribution >= 0.6 is 0 Å². The van der Waals surface area contributed by atoms with Crippen molar-refractivity contribution in [1.82, 2.24) is 19.1 Å². The highest BCUT2D eigenvalue weighted by Crippen LogP contribution is 2.02. The third-order valence-corrected chi connectivity index (χ3v) is 2.41. The van der Waals surface area contributed by atoms with Gasteiger partial charge in [0.25, 0.3) is 5.56 Å². The van der Waals surface area contributed by atoms with E-state index in [0.29, 0.717) is 24.3 Å². The molecule has 15 heavy (non-hydrogen) atoms. The number of hydrogen-bond donors (Lipinski definition) is 1. The number of aromatic nitrogens is 4. The van der Waals surface area contributed by atoms with E-state index in [2.05, 4.69) is 9.97 Å². The second-order valence-electron chi connectivity index (χ2n) is 3.21. The first kappa shape index (κ1) is 9.70. The Morgan fingerprint density at radius 1 is 1.33 bits per heavy atom. The summed E-state index contributed by atoms with van der Waals surface area (Å²) in [6.45, 7) is 4.69. The maximum atomic E-state index is 11.9. The monoisotopic (exact) mass is 208 g/mol. The minimum Gasteiger partial charge on any atom is -0.325 e. The second-order valence-corrected chi connectivity index (χ2v) is 3.21. The molecule has 80 valence electrons. The van der Waals surface area contributed by atoms with Crippen LogP contribution in [0.3, 0.4) is 0 Å². The molecule has 1 N–H and O–H groups in total. The van der Waals surface area contributed by atoms with Gasteiger partial charge in [-0.1, -0.05) is 0 Å². The average Bonchev–Trinajstić information content (AvgIpc) is 2.61. The Labute approximate surface area is 85.2 Å². The van der Waals surface area contributed by atoms with Crippen LogP contribution in [0.15, 0.2) is 15.9 Å². The van der Waals surface area contributed by atoms with E-state index >= 15 is 0 Å². The van der Waals surface area contributed by atoms with Crippen molar-refractivity contribution in [1.29, 1.82) is 0 Å². The average molecular weight is 208 g/mol. The lowest BCUT2D eigenvalue weighted by atomic mass is 10.5. The summed E-state index contributed by atoms with van der Waals surface area (Å²) in [4.78, 5) is 29.9. The molecule has 0 fully saturated rings. The number of nitrogens with one attached hydrogen (secondary N) is 1. The lowest BCUT2D eigenvalue weighted by Gasteiger charge is -2.01. The van der Waals surface area contributed by atoms with Crippen molar-refractivity contribution in [3.63, 3.8) is 0 Å². The standard InChI is InChI=1S/C9H12N4O2/c1-3-12-5-10-7-6(12)8(14)13(4-2)9(15)11-7/h5H,3-4H2,1-2H3,(H,11,15). The fraction of sp³-hybridized carbons (Fsp3) is 0.444. The van der Waals surface area contributed by atoms with Crippen LogP contribution in [-0.4, -0.2) is 19.1 Å². The normalized spacial score (nSPS) is 11.1. The van der Waals surface area contributed by atoms with E-state index < -0.39 is 5.69 Å².